The van der Waals surface area contributed by atoms with Gasteiger partial charge in [-0.2, -0.15) is 0 Å². The van der Waals surface area contributed by atoms with E-state index in [0.717, 1.165) is 56.6 Å². The Bertz CT molecular complexity index is 590. The number of nitrogens with one attached hydrogen (secondary N) is 1. The van der Waals surface area contributed by atoms with Gasteiger partial charge in [0, 0.05) is 45.2 Å². The number of methoxy groups -OCH3 is 2. The van der Waals surface area contributed by atoms with E-state index < -0.39 is 0 Å². The van der Waals surface area contributed by atoms with Crippen molar-refractivity contribution < 1.29 is 9.47 Å². The normalized spacial score (nSPS) is 16.9. The molecule has 1 atom stereocenters. The average Bonchev–Trinajstić information content (AvgIpc) is 3.19. The maximum absolute atomic E-state index is 5.42. The molecule has 1 aliphatic rings. The van der Waals surface area contributed by atoms with Gasteiger partial charge in [-0.05, 0) is 44.1 Å². The van der Waals surface area contributed by atoms with Crippen LogP contribution in [0.3, 0.4) is 0 Å². The van der Waals surface area contributed by atoms with Gasteiger partial charge in [0.15, 0.2) is 5.96 Å². The van der Waals surface area contributed by atoms with E-state index in [1.807, 2.05) is 13.1 Å². The van der Waals surface area contributed by atoms with Gasteiger partial charge < -0.3 is 24.6 Å². The maximum atomic E-state index is 5.42. The molecule has 0 radical (unpaired) electrons. The molecule has 1 fully saturated rings. The van der Waals surface area contributed by atoms with Crippen LogP contribution in [0.25, 0.3) is 0 Å². The Kier molecular flexibility index (Phi) is 11.6. The van der Waals surface area contributed by atoms with E-state index in [4.69, 9.17) is 9.47 Å². The first-order chi connectivity index (χ1) is 13.1. The first kappa shape index (κ1) is 24.8. The van der Waals surface area contributed by atoms with Gasteiger partial charge in [0.2, 0.25) is 0 Å². The SMILES string of the molecule is CCCCN(C)CCNC(=NC)N1CCC(c2cc(OC)cc(OC)c2)C1.I. The smallest absolute Gasteiger partial charge is 0.193 e. The lowest BCUT2D eigenvalue weighted by molar-refractivity contribution is 0.330. The number of aliphatic imine (C=N–C) groups is 1. The second kappa shape index (κ2) is 13.1. The molecular weight excluding hydrogens is 467 g/mol. The minimum absolute atomic E-state index is 0. The van der Waals surface area contributed by atoms with Crippen LogP contribution in [0.1, 0.15) is 37.7 Å². The number of benzene rings is 1. The Morgan fingerprint density at radius 3 is 2.46 bits per heavy atom. The Balaban J connectivity index is 0.00000392. The molecule has 0 bridgehead atoms. The van der Waals surface area contributed by atoms with E-state index in [2.05, 4.69) is 46.2 Å². The summed E-state index contributed by atoms with van der Waals surface area (Å²) in [7, 11) is 7.44. The lowest BCUT2D eigenvalue weighted by atomic mass is 9.98. The van der Waals surface area contributed by atoms with Crippen LogP contribution < -0.4 is 14.8 Å². The van der Waals surface area contributed by atoms with Crippen molar-refractivity contribution >= 4 is 29.9 Å². The van der Waals surface area contributed by atoms with E-state index in [9.17, 15) is 0 Å². The second-order valence-electron chi connectivity index (χ2n) is 7.21. The van der Waals surface area contributed by atoms with E-state index in [-0.39, 0.29) is 24.0 Å². The predicted molar refractivity (Wildman–Crippen MR) is 128 cm³/mol. The molecule has 0 aliphatic carbocycles. The largest absolute Gasteiger partial charge is 0.497 e. The number of likely N-dealkylation sites (tertiary alicyclic amines) is 1. The summed E-state index contributed by atoms with van der Waals surface area (Å²) in [5.41, 5.74) is 1.27. The number of hydrogen-bond acceptors (Lipinski definition) is 4. The number of halogens is 1. The van der Waals surface area contributed by atoms with Gasteiger partial charge in [-0.3, -0.25) is 4.99 Å². The number of hydrogen-bond donors (Lipinski definition) is 1. The van der Waals surface area contributed by atoms with Gasteiger partial charge in [-0.25, -0.2) is 0 Å². The van der Waals surface area contributed by atoms with E-state index in [1.165, 1.54) is 18.4 Å². The maximum Gasteiger partial charge on any atom is 0.193 e. The summed E-state index contributed by atoms with van der Waals surface area (Å²) < 4.78 is 10.8. The molecule has 1 aromatic carbocycles. The second-order valence-corrected chi connectivity index (χ2v) is 7.21. The van der Waals surface area contributed by atoms with Gasteiger partial charge in [0.05, 0.1) is 14.2 Å². The minimum Gasteiger partial charge on any atom is -0.497 e. The highest BCUT2D eigenvalue weighted by Crippen LogP contribution is 2.32. The molecule has 0 amide bonds. The van der Waals surface area contributed by atoms with Gasteiger partial charge >= 0.3 is 0 Å². The fraction of sp³-hybridized carbons (Fsp3) is 0.667. The zero-order valence-electron chi connectivity index (χ0n) is 18.0. The lowest BCUT2D eigenvalue weighted by Crippen LogP contribution is -2.42. The minimum atomic E-state index is 0. The fourth-order valence-electron chi connectivity index (χ4n) is 3.52. The van der Waals surface area contributed by atoms with Crippen LogP contribution in [-0.2, 0) is 0 Å². The van der Waals surface area contributed by atoms with Gasteiger partial charge in [-0.1, -0.05) is 13.3 Å². The quantitative estimate of drug-likeness (QED) is 0.318. The Morgan fingerprint density at radius 2 is 1.89 bits per heavy atom. The van der Waals surface area contributed by atoms with Gasteiger partial charge in [0.1, 0.15) is 11.5 Å². The molecule has 1 N–H and O–H groups in total. The molecule has 1 aliphatic heterocycles. The van der Waals surface area contributed by atoms with Crippen molar-refractivity contribution in [3.63, 3.8) is 0 Å². The molecule has 1 heterocycles. The van der Waals surface area contributed by atoms with Crippen molar-refractivity contribution in [3.8, 4) is 11.5 Å². The number of rotatable bonds is 9. The molecule has 1 unspecified atom stereocenters. The zero-order valence-corrected chi connectivity index (χ0v) is 20.4. The molecule has 2 rings (SSSR count). The third-order valence-corrected chi connectivity index (χ3v) is 5.21. The van der Waals surface area contributed by atoms with E-state index in [1.54, 1.807) is 14.2 Å². The molecule has 6 nitrogen and oxygen atoms in total. The monoisotopic (exact) mass is 504 g/mol. The third-order valence-electron chi connectivity index (χ3n) is 5.21. The summed E-state index contributed by atoms with van der Waals surface area (Å²) in [5.74, 6) is 3.15. The first-order valence-electron chi connectivity index (χ1n) is 9.98. The fourth-order valence-corrected chi connectivity index (χ4v) is 3.52. The van der Waals surface area contributed by atoms with Crippen molar-refractivity contribution in [2.75, 3.05) is 61.0 Å². The van der Waals surface area contributed by atoms with Crippen LogP contribution in [0.4, 0.5) is 0 Å². The topological polar surface area (TPSA) is 49.3 Å². The van der Waals surface area contributed by atoms with Crippen molar-refractivity contribution in [2.24, 2.45) is 4.99 Å². The number of unbranched alkanes of at least 4 members (excludes halogenated alkanes) is 1. The molecule has 1 aromatic rings. The number of ether oxygens (including phenoxy) is 2. The van der Waals surface area contributed by atoms with Crippen LogP contribution in [-0.4, -0.2) is 76.8 Å². The summed E-state index contributed by atoms with van der Waals surface area (Å²) in [4.78, 5) is 9.21. The summed E-state index contributed by atoms with van der Waals surface area (Å²) >= 11 is 0. The zero-order chi connectivity index (χ0) is 19.6. The van der Waals surface area contributed by atoms with Crippen LogP contribution in [0.2, 0.25) is 0 Å². The first-order valence-corrected chi connectivity index (χ1v) is 9.98. The number of guanidine groups is 1. The summed E-state index contributed by atoms with van der Waals surface area (Å²) in [6.07, 6.45) is 3.60. The van der Waals surface area contributed by atoms with Crippen LogP contribution in [0, 0.1) is 0 Å². The predicted octanol–water partition coefficient (Wildman–Crippen LogP) is 3.42. The van der Waals surface area contributed by atoms with Crippen molar-refractivity contribution in [3.05, 3.63) is 23.8 Å². The van der Waals surface area contributed by atoms with Crippen molar-refractivity contribution in [1.82, 2.24) is 15.1 Å². The van der Waals surface area contributed by atoms with Crippen LogP contribution in [0.15, 0.2) is 23.2 Å². The number of nitrogens with zero attached hydrogens (tertiary/aromatic N) is 3. The molecular formula is C21H37IN4O2. The molecule has 1 saturated heterocycles. The highest BCUT2D eigenvalue weighted by molar-refractivity contribution is 14.0. The standard InChI is InChI=1S/C21H36N4O2.HI/c1-6-7-10-24(3)12-9-23-21(22-2)25-11-8-17(16-25)18-13-19(26-4)15-20(14-18)27-5;/h13-15,17H,6-12,16H2,1-5H3,(H,22,23);1H. The molecule has 160 valence electrons. The molecule has 0 spiro atoms. The average molecular weight is 504 g/mol. The summed E-state index contributed by atoms with van der Waals surface area (Å²) in [6.45, 7) is 7.30. The Morgan fingerprint density at radius 1 is 1.21 bits per heavy atom. The molecule has 0 saturated carbocycles. The lowest BCUT2D eigenvalue weighted by Gasteiger charge is -2.23. The summed E-state index contributed by atoms with van der Waals surface area (Å²) in [5, 5.41) is 3.52. The third kappa shape index (κ3) is 7.31. The van der Waals surface area contributed by atoms with E-state index >= 15 is 0 Å². The van der Waals surface area contributed by atoms with Crippen molar-refractivity contribution in [1.29, 1.82) is 0 Å². The highest BCUT2D eigenvalue weighted by atomic mass is 127. The molecule has 0 aromatic heterocycles. The van der Waals surface area contributed by atoms with Crippen LogP contribution in [0.5, 0.6) is 11.5 Å². The Hall–Kier alpha value is -1.22. The van der Waals surface area contributed by atoms with Crippen LogP contribution >= 0.6 is 24.0 Å². The highest BCUT2D eigenvalue weighted by Gasteiger charge is 2.26. The summed E-state index contributed by atoms with van der Waals surface area (Å²) in [6, 6.07) is 6.16. The molecule has 28 heavy (non-hydrogen) atoms. The van der Waals surface area contributed by atoms with Crippen molar-refractivity contribution in [2.45, 2.75) is 32.1 Å². The van der Waals surface area contributed by atoms with Gasteiger partial charge in [-0.15, -0.1) is 24.0 Å². The number of likely N-dealkylation sites (N-methyl/N-ethyl adjacent to an activating group) is 1. The Labute approximate surface area is 187 Å². The van der Waals surface area contributed by atoms with E-state index in [0.29, 0.717) is 5.92 Å². The molecule has 7 heteroatoms. The van der Waals surface area contributed by atoms with Gasteiger partial charge in [0.25, 0.3) is 0 Å².